The maximum Gasteiger partial charge on any atom is 0.0695 e. The fraction of sp³-hybridized carbons (Fsp3) is 0.429. The molecule has 4 atom stereocenters. The molecule has 1 aliphatic heterocycles. The fourth-order valence-electron chi connectivity index (χ4n) is 2.99. The largest absolute Gasteiger partial charge is 0.315 e. The molecule has 0 aliphatic carbocycles. The lowest BCUT2D eigenvalue weighted by Crippen LogP contribution is -2.48. The summed E-state index contributed by atoms with van der Waals surface area (Å²) in [7, 11) is 0. The molecule has 0 fully saturated rings. The van der Waals surface area contributed by atoms with E-state index in [2.05, 4.69) is 70.4 Å². The number of nitrogens with two attached hydrogens (primary N) is 1. The summed E-state index contributed by atoms with van der Waals surface area (Å²) in [6, 6.07) is 8.77. The van der Waals surface area contributed by atoms with E-state index in [-0.39, 0.29) is 23.4 Å². The topological polar surface area (TPSA) is 38.0 Å². The van der Waals surface area contributed by atoms with Gasteiger partial charge in [-0.2, -0.15) is 0 Å². The SMILES string of the molecule is C=CC(C)C(N)NC1SC(C)=C(C)C1C(=C)c1ccc(CC)cc1. The number of benzene rings is 1. The van der Waals surface area contributed by atoms with Crippen molar-refractivity contribution in [3.63, 3.8) is 0 Å². The molecule has 2 rings (SSSR count). The molecule has 2 nitrogen and oxygen atoms in total. The van der Waals surface area contributed by atoms with E-state index in [9.17, 15) is 0 Å². The highest BCUT2D eigenvalue weighted by atomic mass is 32.2. The van der Waals surface area contributed by atoms with Gasteiger partial charge in [0.1, 0.15) is 0 Å². The summed E-state index contributed by atoms with van der Waals surface area (Å²) in [5.74, 6) is 0.495. The molecule has 1 aromatic carbocycles. The first-order valence-electron chi connectivity index (χ1n) is 8.65. The maximum absolute atomic E-state index is 6.29. The second-order valence-electron chi connectivity index (χ2n) is 6.62. The minimum Gasteiger partial charge on any atom is -0.315 e. The molecule has 0 bridgehead atoms. The Hall–Kier alpha value is -1.29. The van der Waals surface area contributed by atoms with Crippen LogP contribution in [0.4, 0.5) is 0 Å². The van der Waals surface area contributed by atoms with Crippen LogP contribution in [0.25, 0.3) is 5.57 Å². The Labute approximate surface area is 151 Å². The number of rotatable bonds is 7. The zero-order valence-electron chi connectivity index (χ0n) is 15.3. The lowest BCUT2D eigenvalue weighted by molar-refractivity contribution is 0.415. The third-order valence-corrected chi connectivity index (χ3v) is 6.37. The Balaban J connectivity index is 2.22. The molecule has 0 spiro atoms. The van der Waals surface area contributed by atoms with Crippen molar-refractivity contribution >= 4 is 17.3 Å². The van der Waals surface area contributed by atoms with Crippen molar-refractivity contribution in [2.75, 3.05) is 0 Å². The first-order valence-corrected chi connectivity index (χ1v) is 9.53. The smallest absolute Gasteiger partial charge is 0.0695 e. The van der Waals surface area contributed by atoms with Gasteiger partial charge >= 0.3 is 0 Å². The summed E-state index contributed by atoms with van der Waals surface area (Å²) in [4.78, 5) is 1.36. The van der Waals surface area contributed by atoms with E-state index in [1.165, 1.54) is 21.6 Å². The van der Waals surface area contributed by atoms with Crippen molar-refractivity contribution < 1.29 is 0 Å². The predicted molar refractivity (Wildman–Crippen MR) is 109 cm³/mol. The van der Waals surface area contributed by atoms with Gasteiger partial charge in [-0.3, -0.25) is 5.32 Å². The van der Waals surface area contributed by atoms with Crippen LogP contribution < -0.4 is 11.1 Å². The number of nitrogens with one attached hydrogen (secondary N) is 1. The van der Waals surface area contributed by atoms with Crippen LogP contribution in [-0.2, 0) is 6.42 Å². The van der Waals surface area contributed by atoms with Crippen molar-refractivity contribution in [2.45, 2.75) is 45.7 Å². The number of hydrogen-bond acceptors (Lipinski definition) is 3. The van der Waals surface area contributed by atoms with Crippen LogP contribution in [0.3, 0.4) is 0 Å². The van der Waals surface area contributed by atoms with Crippen LogP contribution in [0.2, 0.25) is 0 Å². The molecular weight excluding hydrogens is 312 g/mol. The molecule has 1 aromatic rings. The van der Waals surface area contributed by atoms with Gasteiger partial charge in [0.05, 0.1) is 11.5 Å². The Morgan fingerprint density at radius 2 is 1.96 bits per heavy atom. The number of hydrogen-bond donors (Lipinski definition) is 2. The van der Waals surface area contributed by atoms with Crippen LogP contribution in [0.1, 0.15) is 38.8 Å². The summed E-state index contributed by atoms with van der Waals surface area (Å²) in [6.45, 7) is 16.9. The Bertz CT molecular complexity index is 630. The lowest BCUT2D eigenvalue weighted by Gasteiger charge is -2.29. The molecule has 3 N–H and O–H groups in total. The van der Waals surface area contributed by atoms with E-state index < -0.39 is 0 Å². The van der Waals surface area contributed by atoms with Crippen LogP contribution in [0, 0.1) is 11.8 Å². The normalized spacial score (nSPS) is 23.2. The minimum atomic E-state index is -0.100. The van der Waals surface area contributed by atoms with E-state index in [1.54, 1.807) is 0 Å². The van der Waals surface area contributed by atoms with E-state index in [1.807, 2.05) is 17.8 Å². The monoisotopic (exact) mass is 342 g/mol. The first-order chi connectivity index (χ1) is 11.4. The summed E-state index contributed by atoms with van der Waals surface area (Å²) < 4.78 is 0. The Morgan fingerprint density at radius 1 is 1.33 bits per heavy atom. The van der Waals surface area contributed by atoms with Gasteiger partial charge in [0.15, 0.2) is 0 Å². The zero-order valence-corrected chi connectivity index (χ0v) is 16.1. The van der Waals surface area contributed by atoms with Crippen LogP contribution in [0.5, 0.6) is 0 Å². The average Bonchev–Trinajstić information content (AvgIpc) is 2.87. The second kappa shape index (κ2) is 8.19. The standard InChI is InChI=1S/C21H30N2S/c1-7-13(3)20(22)23-21-19(14(4)16(6)24-21)15(5)18-11-9-17(8-2)10-12-18/h7,9-13,19-21,23H,1,5,8,22H2,2-4,6H3. The van der Waals surface area contributed by atoms with Gasteiger partial charge in [0.2, 0.25) is 0 Å². The maximum atomic E-state index is 6.29. The number of allylic oxidation sites excluding steroid dienone is 1. The molecule has 1 heterocycles. The Morgan fingerprint density at radius 3 is 2.50 bits per heavy atom. The third kappa shape index (κ3) is 4.02. The second-order valence-corrected chi connectivity index (χ2v) is 7.97. The van der Waals surface area contributed by atoms with E-state index in [4.69, 9.17) is 5.73 Å². The molecule has 130 valence electrons. The molecule has 24 heavy (non-hydrogen) atoms. The fourth-order valence-corrected chi connectivity index (χ4v) is 4.42. The van der Waals surface area contributed by atoms with Crippen molar-refractivity contribution in [1.29, 1.82) is 0 Å². The number of thioether (sulfide) groups is 1. The van der Waals surface area contributed by atoms with Crippen molar-refractivity contribution in [3.8, 4) is 0 Å². The molecule has 0 aromatic heterocycles. The van der Waals surface area contributed by atoms with Gasteiger partial charge in [-0.15, -0.1) is 18.3 Å². The van der Waals surface area contributed by atoms with Crippen LogP contribution in [0.15, 0.2) is 54.0 Å². The highest BCUT2D eigenvalue weighted by molar-refractivity contribution is 8.03. The van der Waals surface area contributed by atoms with Gasteiger partial charge < -0.3 is 5.73 Å². The summed E-state index contributed by atoms with van der Waals surface area (Å²) in [6.07, 6.45) is 2.86. The van der Waals surface area contributed by atoms with Gasteiger partial charge in [-0.05, 0) is 41.9 Å². The van der Waals surface area contributed by atoms with Crippen LogP contribution >= 0.6 is 11.8 Å². The van der Waals surface area contributed by atoms with E-state index in [0.717, 1.165) is 12.0 Å². The van der Waals surface area contributed by atoms with E-state index >= 15 is 0 Å². The van der Waals surface area contributed by atoms with E-state index in [0.29, 0.717) is 0 Å². The van der Waals surface area contributed by atoms with Crippen molar-refractivity contribution in [3.05, 3.63) is 65.1 Å². The highest BCUT2D eigenvalue weighted by Gasteiger charge is 2.35. The predicted octanol–water partition coefficient (Wildman–Crippen LogP) is 4.94. The average molecular weight is 343 g/mol. The van der Waals surface area contributed by atoms with Gasteiger partial charge in [0.25, 0.3) is 0 Å². The van der Waals surface area contributed by atoms with Crippen LogP contribution in [-0.4, -0.2) is 11.5 Å². The zero-order chi connectivity index (χ0) is 17.9. The highest BCUT2D eigenvalue weighted by Crippen LogP contribution is 2.46. The molecule has 0 saturated carbocycles. The lowest BCUT2D eigenvalue weighted by atomic mass is 9.87. The Kier molecular flexibility index (Phi) is 6.50. The van der Waals surface area contributed by atoms with Gasteiger partial charge in [0, 0.05) is 11.8 Å². The summed E-state index contributed by atoms with van der Waals surface area (Å²) >= 11 is 1.86. The van der Waals surface area contributed by atoms with Gasteiger partial charge in [-0.25, -0.2) is 0 Å². The molecule has 0 saturated heterocycles. The molecule has 1 aliphatic rings. The summed E-state index contributed by atoms with van der Waals surface area (Å²) in [5, 5.41) is 3.80. The molecule has 3 heteroatoms. The summed E-state index contributed by atoms with van der Waals surface area (Å²) in [5.41, 5.74) is 11.4. The minimum absolute atomic E-state index is 0.100. The molecule has 4 unspecified atom stereocenters. The molecular formula is C21H30N2S. The first kappa shape index (κ1) is 19.0. The molecule has 0 radical (unpaired) electrons. The van der Waals surface area contributed by atoms with Gasteiger partial charge in [-0.1, -0.05) is 56.3 Å². The molecule has 0 amide bonds. The van der Waals surface area contributed by atoms with Crippen molar-refractivity contribution in [2.24, 2.45) is 17.6 Å². The number of aryl methyl sites for hydroxylation is 1. The van der Waals surface area contributed by atoms with Crippen molar-refractivity contribution in [1.82, 2.24) is 5.32 Å². The quantitative estimate of drug-likeness (QED) is 0.544. The third-order valence-electron chi connectivity index (χ3n) is 5.03.